The highest BCUT2D eigenvalue weighted by Gasteiger charge is 2.34. The van der Waals surface area contributed by atoms with Crippen LogP contribution >= 0.6 is 0 Å². The first kappa shape index (κ1) is 80.0. The van der Waals surface area contributed by atoms with Gasteiger partial charge in [-0.1, -0.05) is 67.5 Å². The number of nitrogens with one attached hydrogen (secondary N) is 2. The van der Waals surface area contributed by atoms with Crippen LogP contribution < -0.4 is 52.5 Å². The maximum absolute atomic E-state index is 12.9. The number of aliphatic hydroxyl groups excluding tert-OH is 2. The van der Waals surface area contributed by atoms with Gasteiger partial charge in [-0.15, -0.1) is 0 Å². The third kappa shape index (κ3) is 31.6. The number of nitrogens with two attached hydrogens (primary N) is 4. The Hall–Kier alpha value is -6.04. The second-order valence-electron chi connectivity index (χ2n) is 24.8. The fourth-order valence-electron chi connectivity index (χ4n) is 8.92. The molecule has 0 aliphatic carbocycles. The Kier molecular flexibility index (Phi) is 38.3. The van der Waals surface area contributed by atoms with Gasteiger partial charge in [-0.3, -0.25) is 19.2 Å². The molecule has 2 aromatic carbocycles. The Morgan fingerprint density at radius 2 is 0.837 bits per heavy atom. The summed E-state index contributed by atoms with van der Waals surface area (Å²) in [5.41, 5.74) is 24.4. The normalized spacial score (nSPS) is 14.6. The van der Waals surface area contributed by atoms with Crippen molar-refractivity contribution in [3.05, 3.63) is 59.7 Å². The summed E-state index contributed by atoms with van der Waals surface area (Å²) in [5.74, 6) is -0.929. The Morgan fingerprint density at radius 1 is 0.512 bits per heavy atom. The van der Waals surface area contributed by atoms with E-state index in [0.717, 1.165) is 36.8 Å². The van der Waals surface area contributed by atoms with Crippen LogP contribution in [0.4, 0.5) is 0 Å². The molecular weight excluding hydrogens is 1110 g/mol. The standard InChI is InChI=1S/2C30H53N3O6.C4H4O4/c2*1-19(2)22(14-21-10-11-26(38-8)27(15-21)39-13-9-12-37-7)16-24(31)25(34)17-23(20(3)4)28(35)33-18-30(5,6)29(32)36;5-3(6)1-2-4(7)8/h2*10-11,15,19-20,22-25,34H,9,12-14,16-18,31H2,1-8H3,(H2,32,36)(H,33,35);1-2H,(H,5,6)(H,7,8)/b;;2-1+/t2*22-,23-,24-,25-;/m00./s1. The van der Waals surface area contributed by atoms with Crippen molar-refractivity contribution in [2.24, 2.45) is 81.1 Å². The number of hydrogen-bond donors (Lipinski definition) is 10. The van der Waals surface area contributed by atoms with Crippen molar-refractivity contribution in [1.82, 2.24) is 10.6 Å². The van der Waals surface area contributed by atoms with E-state index in [1.54, 1.807) is 56.1 Å². The minimum atomic E-state index is -1.26. The van der Waals surface area contributed by atoms with Crippen molar-refractivity contribution in [1.29, 1.82) is 0 Å². The molecule has 2 rings (SSSR count). The molecule has 0 spiro atoms. The number of methoxy groups -OCH3 is 4. The molecule has 22 heteroatoms. The Bertz CT molecular complexity index is 2200. The Labute approximate surface area is 512 Å². The van der Waals surface area contributed by atoms with E-state index in [1.165, 1.54) is 0 Å². The smallest absolute Gasteiger partial charge is 0.328 e. The predicted octanol–water partition coefficient (Wildman–Crippen LogP) is 6.30. The summed E-state index contributed by atoms with van der Waals surface area (Å²) in [6.07, 6.45) is 4.24. The van der Waals surface area contributed by atoms with Crippen LogP contribution in [0, 0.1) is 58.2 Å². The maximum Gasteiger partial charge on any atom is 0.328 e. The van der Waals surface area contributed by atoms with Crippen LogP contribution in [0.5, 0.6) is 23.0 Å². The highest BCUT2D eigenvalue weighted by Crippen LogP contribution is 2.34. The lowest BCUT2D eigenvalue weighted by atomic mass is 9.80. The van der Waals surface area contributed by atoms with Gasteiger partial charge >= 0.3 is 11.9 Å². The number of aliphatic carboxylic acids is 2. The van der Waals surface area contributed by atoms with Gasteiger partial charge in [-0.25, -0.2) is 9.59 Å². The van der Waals surface area contributed by atoms with Crippen molar-refractivity contribution in [3.63, 3.8) is 0 Å². The van der Waals surface area contributed by atoms with Gasteiger partial charge in [0.25, 0.3) is 0 Å². The number of amides is 4. The molecule has 4 amide bonds. The molecule has 22 nitrogen and oxygen atoms in total. The molecule has 8 atom stereocenters. The van der Waals surface area contributed by atoms with Crippen LogP contribution in [0.15, 0.2) is 48.6 Å². The summed E-state index contributed by atoms with van der Waals surface area (Å²) in [6, 6.07) is 10.9. The number of hydrogen-bond acceptors (Lipinski definition) is 16. The third-order valence-electron chi connectivity index (χ3n) is 15.4. The van der Waals surface area contributed by atoms with E-state index in [4.69, 9.17) is 61.6 Å². The summed E-state index contributed by atoms with van der Waals surface area (Å²) >= 11 is 0. The van der Waals surface area contributed by atoms with Crippen LogP contribution in [0.3, 0.4) is 0 Å². The van der Waals surface area contributed by atoms with Gasteiger partial charge in [0.05, 0.1) is 50.5 Å². The number of ether oxygens (including phenoxy) is 6. The first-order valence-electron chi connectivity index (χ1n) is 29.8. The summed E-state index contributed by atoms with van der Waals surface area (Å²) in [5, 5.41) is 43.4. The lowest BCUT2D eigenvalue weighted by molar-refractivity contribution is -0.134. The molecule has 0 unspecified atom stereocenters. The van der Waals surface area contributed by atoms with E-state index >= 15 is 0 Å². The van der Waals surface area contributed by atoms with Gasteiger partial charge in [0, 0.05) is 89.4 Å². The number of aliphatic hydroxyl groups is 2. The zero-order valence-corrected chi connectivity index (χ0v) is 54.4. The predicted molar refractivity (Wildman–Crippen MR) is 333 cm³/mol. The molecular formula is C64H110N6O16. The van der Waals surface area contributed by atoms with Crippen LogP contribution in [0.2, 0.25) is 0 Å². The fraction of sp³-hybridized carbons (Fsp3) is 0.688. The average molecular weight is 1220 g/mol. The molecule has 492 valence electrons. The molecule has 0 aromatic heterocycles. The molecule has 86 heavy (non-hydrogen) atoms. The van der Waals surface area contributed by atoms with Crippen LogP contribution in [-0.4, -0.2) is 148 Å². The minimum Gasteiger partial charge on any atom is -0.493 e. The van der Waals surface area contributed by atoms with Crippen molar-refractivity contribution < 1.29 is 77.6 Å². The van der Waals surface area contributed by atoms with E-state index in [1.807, 2.05) is 64.1 Å². The van der Waals surface area contributed by atoms with Gasteiger partial charge in [-0.2, -0.15) is 0 Å². The quantitative estimate of drug-likeness (QED) is 0.0258. The number of carbonyl (C=O) groups is 6. The number of carboxylic acids is 2. The van der Waals surface area contributed by atoms with Gasteiger partial charge in [-0.05, 0) is 137 Å². The second-order valence-corrected chi connectivity index (χ2v) is 24.8. The highest BCUT2D eigenvalue weighted by molar-refractivity contribution is 5.89. The maximum atomic E-state index is 12.9. The van der Waals surface area contributed by atoms with Crippen molar-refractivity contribution in [3.8, 4) is 23.0 Å². The largest absolute Gasteiger partial charge is 0.493 e. The molecule has 0 fully saturated rings. The van der Waals surface area contributed by atoms with Gasteiger partial charge < -0.3 is 82.4 Å². The lowest BCUT2D eigenvalue weighted by Gasteiger charge is -2.30. The number of rotatable bonds is 40. The zero-order valence-electron chi connectivity index (χ0n) is 54.4. The minimum absolute atomic E-state index is 0.00829. The molecule has 0 saturated carbocycles. The number of carboxylic acid groups (broad SMARTS) is 2. The third-order valence-corrected chi connectivity index (χ3v) is 15.4. The van der Waals surface area contributed by atoms with Crippen LogP contribution in [0.25, 0.3) is 0 Å². The van der Waals surface area contributed by atoms with Crippen molar-refractivity contribution in [2.75, 3.05) is 68.0 Å². The first-order valence-corrected chi connectivity index (χ1v) is 29.8. The van der Waals surface area contributed by atoms with E-state index in [2.05, 4.69) is 38.3 Å². The Morgan fingerprint density at radius 3 is 1.09 bits per heavy atom. The molecule has 0 bridgehead atoms. The lowest BCUT2D eigenvalue weighted by Crippen LogP contribution is -2.46. The number of primary amides is 2. The van der Waals surface area contributed by atoms with E-state index in [9.17, 15) is 39.0 Å². The average Bonchev–Trinajstić information content (AvgIpc) is 2.92. The van der Waals surface area contributed by atoms with E-state index in [-0.39, 0.29) is 61.4 Å². The highest BCUT2D eigenvalue weighted by atomic mass is 16.5. The molecule has 0 aliphatic heterocycles. The second kappa shape index (κ2) is 41.2. The summed E-state index contributed by atoms with van der Waals surface area (Å²) in [6.45, 7) is 25.7. The zero-order chi connectivity index (χ0) is 66.1. The molecule has 2 aromatic rings. The van der Waals surface area contributed by atoms with Gasteiger partial charge in [0.2, 0.25) is 23.6 Å². The van der Waals surface area contributed by atoms with E-state index < -0.39 is 70.7 Å². The van der Waals surface area contributed by atoms with Crippen LogP contribution in [-0.2, 0) is 51.1 Å². The van der Waals surface area contributed by atoms with Crippen LogP contribution in [0.1, 0.15) is 133 Å². The topological polar surface area (TPSA) is 367 Å². The Balaban J connectivity index is 0.00000149. The molecule has 0 aliphatic rings. The number of carbonyl (C=O) groups excluding carboxylic acids is 4. The van der Waals surface area contributed by atoms with Gasteiger partial charge in [0.15, 0.2) is 23.0 Å². The van der Waals surface area contributed by atoms with Crippen molar-refractivity contribution >= 4 is 35.6 Å². The molecule has 0 radical (unpaired) electrons. The van der Waals surface area contributed by atoms with E-state index in [0.29, 0.717) is 86.3 Å². The fourth-order valence-corrected chi connectivity index (χ4v) is 8.92. The van der Waals surface area contributed by atoms with Crippen molar-refractivity contribution in [2.45, 2.75) is 159 Å². The monoisotopic (exact) mass is 1220 g/mol. The first-order chi connectivity index (χ1) is 40.1. The van der Waals surface area contributed by atoms with Gasteiger partial charge in [0.1, 0.15) is 0 Å². The number of benzene rings is 2. The molecule has 0 heterocycles. The summed E-state index contributed by atoms with van der Waals surface area (Å²) < 4.78 is 33.0. The summed E-state index contributed by atoms with van der Waals surface area (Å²) in [4.78, 5) is 68.2. The molecule has 0 saturated heterocycles. The SMILES string of the molecule is COCCCOc1cc(C[C@@H](C[C@H](N)[C@@H](O)C[C@H](C(=O)NCC(C)(C)C(N)=O)C(C)C)C(C)C)ccc1OC.COCCCOc1cc(C[C@@H](C[C@H](N)[C@@H](O)C[C@H](C(=O)NCC(C)(C)C(N)=O)C(C)C)C(C)C)ccc1OC.O=C(O)/C=C/C(=O)O. The molecule has 14 N–H and O–H groups in total. The summed E-state index contributed by atoms with van der Waals surface area (Å²) in [7, 11) is 6.58.